The lowest BCUT2D eigenvalue weighted by molar-refractivity contribution is -0.138. The Morgan fingerprint density at radius 3 is 1.95 bits per heavy atom. The molecule has 1 aromatic rings. The first-order valence-corrected chi connectivity index (χ1v) is 7.98. The fourth-order valence-electron chi connectivity index (χ4n) is 1.26. The van der Waals surface area contributed by atoms with Gasteiger partial charge in [0.25, 0.3) is 0 Å². The van der Waals surface area contributed by atoms with Crippen LogP contribution in [0.3, 0.4) is 0 Å². The van der Waals surface area contributed by atoms with Crippen molar-refractivity contribution in [3.8, 4) is 0 Å². The molecular weight excluding hydrogens is 401 g/mol. The highest BCUT2D eigenvalue weighted by molar-refractivity contribution is 9.09. The Balaban J connectivity index is 0. The standard InChI is InChI=1S/C8H6BrF3.C5H11Br.H4Si/c9-5-6-3-1-2-4-7(6)8(10,11)12;1-2-3-4-5-6;/h1-4H,5H2;2-5H2,1H3;1H4. The van der Waals surface area contributed by atoms with Gasteiger partial charge in [-0.3, -0.25) is 0 Å². The van der Waals surface area contributed by atoms with Gasteiger partial charge in [-0.05, 0) is 29.0 Å². The van der Waals surface area contributed by atoms with Crippen molar-refractivity contribution >= 4 is 42.8 Å². The van der Waals surface area contributed by atoms with Crippen LogP contribution in [-0.4, -0.2) is 16.3 Å². The van der Waals surface area contributed by atoms with E-state index < -0.39 is 11.7 Å². The predicted molar refractivity (Wildman–Crippen MR) is 88.7 cm³/mol. The van der Waals surface area contributed by atoms with Crippen LogP contribution >= 0.6 is 31.9 Å². The Labute approximate surface area is 134 Å². The van der Waals surface area contributed by atoms with Gasteiger partial charge in [0.05, 0.1) is 5.56 Å². The van der Waals surface area contributed by atoms with Crippen molar-refractivity contribution in [2.75, 3.05) is 5.33 Å². The molecular formula is C13H21Br2F3Si. The molecule has 0 unspecified atom stereocenters. The van der Waals surface area contributed by atoms with Crippen molar-refractivity contribution in [3.05, 3.63) is 35.4 Å². The van der Waals surface area contributed by atoms with E-state index in [1.165, 1.54) is 36.7 Å². The van der Waals surface area contributed by atoms with Crippen LogP contribution in [0.15, 0.2) is 24.3 Å². The number of unbranched alkanes of at least 4 members (excludes halogenated alkanes) is 2. The lowest BCUT2D eigenvalue weighted by Gasteiger charge is -2.09. The molecule has 0 atom stereocenters. The highest BCUT2D eigenvalue weighted by Crippen LogP contribution is 2.32. The van der Waals surface area contributed by atoms with Crippen molar-refractivity contribution in [1.82, 2.24) is 0 Å². The largest absolute Gasteiger partial charge is 0.416 e. The summed E-state index contributed by atoms with van der Waals surface area (Å²) in [7, 11) is 0. The fourth-order valence-corrected chi connectivity index (χ4v) is 2.14. The molecule has 0 spiro atoms. The van der Waals surface area contributed by atoms with E-state index in [0.29, 0.717) is 0 Å². The van der Waals surface area contributed by atoms with E-state index in [4.69, 9.17) is 0 Å². The van der Waals surface area contributed by atoms with E-state index in [9.17, 15) is 13.2 Å². The first-order chi connectivity index (χ1) is 8.47. The van der Waals surface area contributed by atoms with Crippen LogP contribution in [0.1, 0.15) is 37.3 Å². The van der Waals surface area contributed by atoms with Crippen LogP contribution in [-0.2, 0) is 11.5 Å². The average molecular weight is 422 g/mol. The molecule has 0 saturated carbocycles. The summed E-state index contributed by atoms with van der Waals surface area (Å²) in [5.74, 6) is 0. The first kappa shape index (κ1) is 21.5. The molecule has 0 aliphatic heterocycles. The molecule has 0 aliphatic carbocycles. The van der Waals surface area contributed by atoms with E-state index in [-0.39, 0.29) is 21.9 Å². The maximum Gasteiger partial charge on any atom is 0.416 e. The molecule has 112 valence electrons. The average Bonchev–Trinajstić information content (AvgIpc) is 2.36. The normalized spacial score (nSPS) is 10.2. The Morgan fingerprint density at radius 2 is 1.63 bits per heavy atom. The van der Waals surface area contributed by atoms with Gasteiger partial charge in [-0.2, -0.15) is 13.2 Å². The number of hydrogen-bond donors (Lipinski definition) is 0. The topological polar surface area (TPSA) is 0 Å². The molecule has 0 aromatic heterocycles. The van der Waals surface area contributed by atoms with E-state index in [0.717, 1.165) is 6.07 Å². The highest BCUT2D eigenvalue weighted by atomic mass is 79.9. The van der Waals surface area contributed by atoms with E-state index in [1.807, 2.05) is 0 Å². The van der Waals surface area contributed by atoms with Crippen molar-refractivity contribution in [1.29, 1.82) is 0 Å². The van der Waals surface area contributed by atoms with Crippen LogP contribution in [0.5, 0.6) is 0 Å². The number of benzene rings is 1. The summed E-state index contributed by atoms with van der Waals surface area (Å²) in [5, 5.41) is 1.39. The second kappa shape index (κ2) is 12.0. The van der Waals surface area contributed by atoms with Crippen LogP contribution < -0.4 is 0 Å². The molecule has 0 fully saturated rings. The van der Waals surface area contributed by atoms with Crippen LogP contribution in [0.2, 0.25) is 0 Å². The van der Waals surface area contributed by atoms with Crippen LogP contribution in [0, 0.1) is 0 Å². The number of rotatable bonds is 4. The van der Waals surface area contributed by atoms with E-state index >= 15 is 0 Å². The zero-order valence-electron chi connectivity index (χ0n) is 10.2. The summed E-state index contributed by atoms with van der Waals surface area (Å²) >= 11 is 6.35. The second-order valence-electron chi connectivity index (χ2n) is 3.68. The highest BCUT2D eigenvalue weighted by Gasteiger charge is 2.32. The molecule has 6 heteroatoms. The lowest BCUT2D eigenvalue weighted by atomic mass is 10.1. The smallest absolute Gasteiger partial charge is 0.166 e. The van der Waals surface area contributed by atoms with Gasteiger partial charge in [0.15, 0.2) is 0 Å². The van der Waals surface area contributed by atoms with Gasteiger partial charge in [0, 0.05) is 10.7 Å². The van der Waals surface area contributed by atoms with Gasteiger partial charge in [0.1, 0.15) is 0 Å². The van der Waals surface area contributed by atoms with Gasteiger partial charge in [-0.1, -0.05) is 69.8 Å². The van der Waals surface area contributed by atoms with E-state index in [2.05, 4.69) is 38.8 Å². The molecule has 0 aliphatic rings. The maximum absolute atomic E-state index is 12.2. The third-order valence-corrected chi connectivity index (χ3v) is 3.37. The Hall–Kier alpha value is 0.187. The molecule has 0 saturated heterocycles. The summed E-state index contributed by atoms with van der Waals surface area (Å²) in [6.45, 7) is 2.21. The Bertz CT molecular complexity index is 326. The SMILES string of the molecule is CCCCCBr.FC(F)(F)c1ccccc1CBr.[SiH4]. The summed E-state index contributed by atoms with van der Waals surface area (Å²) in [5.41, 5.74) is -0.299. The van der Waals surface area contributed by atoms with Crippen LogP contribution in [0.25, 0.3) is 0 Å². The molecule has 0 heterocycles. The third kappa shape index (κ3) is 9.68. The quantitative estimate of drug-likeness (QED) is 0.374. The van der Waals surface area contributed by atoms with Gasteiger partial charge in [-0.25, -0.2) is 0 Å². The second-order valence-corrected chi connectivity index (χ2v) is 5.04. The Kier molecular flexibility index (Phi) is 13.5. The molecule has 0 bridgehead atoms. The van der Waals surface area contributed by atoms with Crippen molar-refractivity contribution in [2.24, 2.45) is 0 Å². The Morgan fingerprint density at radius 1 is 1.05 bits per heavy atom. The summed E-state index contributed by atoms with van der Waals surface area (Å²) in [6.07, 6.45) is -0.224. The van der Waals surface area contributed by atoms with Gasteiger partial charge in [-0.15, -0.1) is 0 Å². The number of alkyl halides is 5. The predicted octanol–water partition coefficient (Wildman–Crippen LogP) is 4.72. The summed E-state index contributed by atoms with van der Waals surface area (Å²) in [4.78, 5) is 0. The molecule has 0 amide bonds. The zero-order valence-corrected chi connectivity index (χ0v) is 13.4. The van der Waals surface area contributed by atoms with Crippen molar-refractivity contribution in [2.45, 2.75) is 37.7 Å². The third-order valence-electron chi connectivity index (χ3n) is 2.20. The molecule has 0 N–H and O–H groups in total. The first-order valence-electron chi connectivity index (χ1n) is 5.74. The number of halogens is 5. The van der Waals surface area contributed by atoms with E-state index in [1.54, 1.807) is 6.07 Å². The van der Waals surface area contributed by atoms with Gasteiger partial charge < -0.3 is 0 Å². The summed E-state index contributed by atoms with van der Waals surface area (Å²) in [6, 6.07) is 5.51. The minimum Gasteiger partial charge on any atom is -0.166 e. The zero-order chi connectivity index (χ0) is 14.0. The minimum atomic E-state index is -4.25. The van der Waals surface area contributed by atoms with Gasteiger partial charge in [0.2, 0.25) is 0 Å². The van der Waals surface area contributed by atoms with Crippen LogP contribution in [0.4, 0.5) is 13.2 Å². The molecule has 0 nitrogen and oxygen atoms in total. The van der Waals surface area contributed by atoms with Crippen molar-refractivity contribution in [3.63, 3.8) is 0 Å². The monoisotopic (exact) mass is 420 g/mol. The number of hydrogen-bond acceptors (Lipinski definition) is 0. The summed E-state index contributed by atoms with van der Waals surface area (Å²) < 4.78 is 36.6. The minimum absolute atomic E-state index is 0. The molecule has 1 aromatic carbocycles. The van der Waals surface area contributed by atoms with Gasteiger partial charge >= 0.3 is 6.18 Å². The molecule has 0 radical (unpaired) electrons. The molecule has 1 rings (SSSR count). The fraction of sp³-hybridized carbons (Fsp3) is 0.538. The maximum atomic E-state index is 12.2. The lowest BCUT2D eigenvalue weighted by Crippen LogP contribution is -2.07. The van der Waals surface area contributed by atoms with Crippen molar-refractivity contribution < 1.29 is 13.2 Å². The molecule has 19 heavy (non-hydrogen) atoms.